The molecule has 2 aromatic carbocycles. The lowest BCUT2D eigenvalue weighted by atomic mass is 10.0. The summed E-state index contributed by atoms with van der Waals surface area (Å²) in [6.45, 7) is 6.08. The van der Waals surface area contributed by atoms with E-state index in [0.717, 1.165) is 16.8 Å². The van der Waals surface area contributed by atoms with Crippen LogP contribution in [0.15, 0.2) is 66.9 Å². The zero-order chi connectivity index (χ0) is 19.4. The maximum Gasteiger partial charge on any atom is 0.269 e. The third-order valence-electron chi connectivity index (χ3n) is 4.83. The summed E-state index contributed by atoms with van der Waals surface area (Å²) in [7, 11) is 0. The number of aromatic nitrogens is 1. The molecule has 0 aliphatic rings. The van der Waals surface area contributed by atoms with E-state index in [-0.39, 0.29) is 11.9 Å². The van der Waals surface area contributed by atoms with E-state index in [1.807, 2.05) is 66.1 Å². The highest BCUT2D eigenvalue weighted by Crippen LogP contribution is 2.28. The minimum absolute atomic E-state index is 0.0109. The molecule has 27 heavy (non-hydrogen) atoms. The number of hydrogen-bond donors (Lipinski definition) is 1. The molecule has 0 saturated carbocycles. The van der Waals surface area contributed by atoms with Crippen LogP contribution >= 0.6 is 0 Å². The summed E-state index contributed by atoms with van der Waals surface area (Å²) in [5, 5.41) is 12.5. The van der Waals surface area contributed by atoms with Gasteiger partial charge in [-0.3, -0.25) is 4.79 Å². The van der Waals surface area contributed by atoms with Crippen LogP contribution in [0.1, 0.15) is 36.8 Å². The van der Waals surface area contributed by atoms with E-state index in [9.17, 15) is 10.1 Å². The SMILES string of the molecule is CC(C)C(C)NC(=O)c1c(C#N)ccn1-c1ccccc1-c1ccccc1. The maximum atomic E-state index is 13.0. The highest BCUT2D eigenvalue weighted by Gasteiger charge is 2.22. The topological polar surface area (TPSA) is 57.8 Å². The molecule has 1 N–H and O–H groups in total. The van der Waals surface area contributed by atoms with Crippen LogP contribution in [0.3, 0.4) is 0 Å². The number of rotatable bonds is 5. The summed E-state index contributed by atoms with van der Waals surface area (Å²) in [4.78, 5) is 13.0. The first-order chi connectivity index (χ1) is 13.0. The molecule has 3 rings (SSSR count). The Labute approximate surface area is 160 Å². The molecule has 136 valence electrons. The van der Waals surface area contributed by atoms with Crippen molar-refractivity contribution < 1.29 is 4.79 Å². The van der Waals surface area contributed by atoms with Gasteiger partial charge in [0.15, 0.2) is 0 Å². The molecule has 0 radical (unpaired) electrons. The van der Waals surface area contributed by atoms with Gasteiger partial charge in [0, 0.05) is 17.8 Å². The number of carbonyl (C=O) groups is 1. The fraction of sp³-hybridized carbons (Fsp3) is 0.217. The van der Waals surface area contributed by atoms with Crippen LogP contribution in [-0.4, -0.2) is 16.5 Å². The number of benzene rings is 2. The molecule has 0 fully saturated rings. The standard InChI is InChI=1S/C23H23N3O/c1-16(2)17(3)25-23(27)22-19(15-24)13-14-26(22)21-12-8-7-11-20(21)18-9-5-4-6-10-18/h4-14,16-17H,1-3H3,(H,25,27). The van der Waals surface area contributed by atoms with Crippen molar-refractivity contribution in [2.24, 2.45) is 5.92 Å². The van der Waals surface area contributed by atoms with Gasteiger partial charge in [-0.25, -0.2) is 0 Å². The molecular weight excluding hydrogens is 334 g/mol. The lowest BCUT2D eigenvalue weighted by Crippen LogP contribution is -2.37. The first kappa shape index (κ1) is 18.5. The van der Waals surface area contributed by atoms with Crippen molar-refractivity contribution in [1.29, 1.82) is 5.26 Å². The van der Waals surface area contributed by atoms with Gasteiger partial charge in [-0.05, 0) is 30.5 Å². The minimum atomic E-state index is -0.236. The average Bonchev–Trinajstić information content (AvgIpc) is 3.12. The van der Waals surface area contributed by atoms with Crippen molar-refractivity contribution in [3.63, 3.8) is 0 Å². The maximum absolute atomic E-state index is 13.0. The molecular formula is C23H23N3O. The van der Waals surface area contributed by atoms with Crippen LogP contribution in [0.5, 0.6) is 0 Å². The molecule has 1 amide bonds. The van der Waals surface area contributed by atoms with Gasteiger partial charge in [-0.15, -0.1) is 0 Å². The third-order valence-corrected chi connectivity index (χ3v) is 4.83. The predicted molar refractivity (Wildman–Crippen MR) is 108 cm³/mol. The zero-order valence-electron chi connectivity index (χ0n) is 15.8. The quantitative estimate of drug-likeness (QED) is 0.714. The Morgan fingerprint density at radius 3 is 2.33 bits per heavy atom. The third kappa shape index (κ3) is 3.78. The summed E-state index contributed by atoms with van der Waals surface area (Å²) in [5.74, 6) is 0.0696. The highest BCUT2D eigenvalue weighted by molar-refractivity contribution is 5.96. The van der Waals surface area contributed by atoms with E-state index in [4.69, 9.17) is 0 Å². The lowest BCUT2D eigenvalue weighted by Gasteiger charge is -2.19. The Bertz CT molecular complexity index is 980. The number of hydrogen-bond acceptors (Lipinski definition) is 2. The second-order valence-corrected chi connectivity index (χ2v) is 6.95. The molecule has 0 saturated heterocycles. The molecule has 0 aliphatic carbocycles. The number of amides is 1. The summed E-state index contributed by atoms with van der Waals surface area (Å²) >= 11 is 0. The summed E-state index contributed by atoms with van der Waals surface area (Å²) < 4.78 is 1.81. The fourth-order valence-corrected chi connectivity index (χ4v) is 2.94. The van der Waals surface area contributed by atoms with E-state index < -0.39 is 0 Å². The molecule has 0 bridgehead atoms. The zero-order valence-corrected chi connectivity index (χ0v) is 15.8. The van der Waals surface area contributed by atoms with Crippen LogP contribution in [0.2, 0.25) is 0 Å². The van der Waals surface area contributed by atoms with Crippen molar-refractivity contribution in [2.45, 2.75) is 26.8 Å². The molecule has 1 unspecified atom stereocenters. The second kappa shape index (κ2) is 7.92. The van der Waals surface area contributed by atoms with E-state index in [2.05, 4.69) is 25.2 Å². The van der Waals surface area contributed by atoms with E-state index >= 15 is 0 Å². The minimum Gasteiger partial charge on any atom is -0.348 e. The first-order valence-electron chi connectivity index (χ1n) is 9.10. The Morgan fingerprint density at radius 1 is 1.00 bits per heavy atom. The molecule has 4 heteroatoms. The summed E-state index contributed by atoms with van der Waals surface area (Å²) in [6, 6.07) is 21.8. The number of nitriles is 1. The van der Waals surface area contributed by atoms with Crippen LogP contribution in [0, 0.1) is 17.2 Å². The van der Waals surface area contributed by atoms with Crippen molar-refractivity contribution in [1.82, 2.24) is 9.88 Å². The molecule has 4 nitrogen and oxygen atoms in total. The van der Waals surface area contributed by atoms with Gasteiger partial charge >= 0.3 is 0 Å². The number of nitrogens with zero attached hydrogens (tertiary/aromatic N) is 2. The van der Waals surface area contributed by atoms with Gasteiger partial charge in [0.1, 0.15) is 11.8 Å². The predicted octanol–water partition coefficient (Wildman–Crippen LogP) is 4.79. The van der Waals surface area contributed by atoms with Crippen molar-refractivity contribution in [3.8, 4) is 22.9 Å². The fourth-order valence-electron chi connectivity index (χ4n) is 2.94. The van der Waals surface area contributed by atoms with E-state index in [0.29, 0.717) is 17.2 Å². The van der Waals surface area contributed by atoms with Gasteiger partial charge in [0.25, 0.3) is 5.91 Å². The summed E-state index contributed by atoms with van der Waals surface area (Å²) in [6.07, 6.45) is 1.79. The van der Waals surface area contributed by atoms with Crippen LogP contribution in [-0.2, 0) is 0 Å². The molecule has 1 aromatic heterocycles. The highest BCUT2D eigenvalue weighted by atomic mass is 16.2. The smallest absolute Gasteiger partial charge is 0.269 e. The van der Waals surface area contributed by atoms with E-state index in [1.54, 1.807) is 12.3 Å². The lowest BCUT2D eigenvalue weighted by molar-refractivity contribution is 0.0923. The van der Waals surface area contributed by atoms with E-state index in [1.165, 1.54) is 0 Å². The number of carbonyl (C=O) groups excluding carboxylic acids is 1. The number of para-hydroxylation sites is 1. The van der Waals surface area contributed by atoms with Crippen LogP contribution in [0.4, 0.5) is 0 Å². The van der Waals surface area contributed by atoms with Gasteiger partial charge < -0.3 is 9.88 Å². The first-order valence-corrected chi connectivity index (χ1v) is 9.10. The molecule has 0 aliphatic heterocycles. The number of nitrogens with one attached hydrogen (secondary N) is 1. The van der Waals surface area contributed by atoms with Crippen LogP contribution in [0.25, 0.3) is 16.8 Å². The van der Waals surface area contributed by atoms with Crippen molar-refractivity contribution >= 4 is 5.91 Å². The normalized spacial score (nSPS) is 11.8. The largest absolute Gasteiger partial charge is 0.348 e. The average molecular weight is 357 g/mol. The van der Waals surface area contributed by atoms with Gasteiger partial charge in [0.2, 0.25) is 0 Å². The summed E-state index contributed by atoms with van der Waals surface area (Å²) in [5.41, 5.74) is 3.67. The molecule has 0 spiro atoms. The Kier molecular flexibility index (Phi) is 5.42. The van der Waals surface area contributed by atoms with Gasteiger partial charge in [0.05, 0.1) is 11.3 Å². The van der Waals surface area contributed by atoms with Crippen LogP contribution < -0.4 is 5.32 Å². The Morgan fingerprint density at radius 2 is 1.67 bits per heavy atom. The Hall–Kier alpha value is -3.32. The monoisotopic (exact) mass is 357 g/mol. The molecule has 3 aromatic rings. The molecule has 1 atom stereocenters. The second-order valence-electron chi connectivity index (χ2n) is 6.95. The van der Waals surface area contributed by atoms with Crippen molar-refractivity contribution in [3.05, 3.63) is 78.1 Å². The van der Waals surface area contributed by atoms with Crippen molar-refractivity contribution in [2.75, 3.05) is 0 Å². The molecule has 1 heterocycles. The van der Waals surface area contributed by atoms with Gasteiger partial charge in [-0.2, -0.15) is 5.26 Å². The van der Waals surface area contributed by atoms with Gasteiger partial charge in [-0.1, -0.05) is 62.4 Å². The Balaban J connectivity index is 2.11.